The molecule has 0 atom stereocenters. The Morgan fingerprint density at radius 2 is 1.57 bits per heavy atom. The predicted molar refractivity (Wildman–Crippen MR) is 131 cm³/mol. The average molecular weight is 573 g/mol. The van der Waals surface area contributed by atoms with Crippen molar-refractivity contribution >= 4 is 17.6 Å². The maximum absolute atomic E-state index is 13.5. The molecule has 0 radical (unpaired) electrons. The van der Waals surface area contributed by atoms with E-state index in [0.717, 1.165) is 0 Å². The molecule has 1 amide bonds. The number of carboxylic acids is 1. The van der Waals surface area contributed by atoms with Crippen LogP contribution in [0.25, 0.3) is 0 Å². The maximum atomic E-state index is 13.5. The van der Waals surface area contributed by atoms with Crippen LogP contribution in [-0.4, -0.2) is 34.0 Å². The standard InChI is InChI=1S/C27H26F6N2O5/c1-16-4-8-20(39-16)14-35(13-17-5-9-19(10-6-17)40-25(2,3)24(37)38)15-23(36)34-22-11-7-18(26(28,29)30)12-21(22)27(31,32)33/h4-12H,13-15H2,1-3H3,(H,34,36)(H,37,38). The van der Waals surface area contributed by atoms with Gasteiger partial charge in [0.2, 0.25) is 5.91 Å². The van der Waals surface area contributed by atoms with E-state index in [0.29, 0.717) is 29.2 Å². The molecule has 0 aliphatic rings. The molecule has 13 heteroatoms. The van der Waals surface area contributed by atoms with Crippen LogP contribution in [0.5, 0.6) is 5.75 Å². The van der Waals surface area contributed by atoms with Gasteiger partial charge >= 0.3 is 18.3 Å². The predicted octanol–water partition coefficient (Wildman–Crippen LogP) is 6.51. The molecule has 3 rings (SSSR count). The van der Waals surface area contributed by atoms with Crippen LogP contribution in [0.2, 0.25) is 0 Å². The van der Waals surface area contributed by atoms with E-state index in [1.54, 1.807) is 36.1 Å². The van der Waals surface area contributed by atoms with Gasteiger partial charge < -0.3 is 19.6 Å². The number of hydrogen-bond acceptors (Lipinski definition) is 5. The molecule has 3 aromatic rings. The van der Waals surface area contributed by atoms with Crippen molar-refractivity contribution in [3.05, 3.63) is 82.8 Å². The van der Waals surface area contributed by atoms with Crippen LogP contribution >= 0.6 is 0 Å². The number of rotatable bonds is 10. The maximum Gasteiger partial charge on any atom is 0.418 e. The van der Waals surface area contributed by atoms with Gasteiger partial charge in [-0.25, -0.2) is 4.79 Å². The molecule has 0 unspecified atom stereocenters. The van der Waals surface area contributed by atoms with Gasteiger partial charge in [-0.3, -0.25) is 9.69 Å². The monoisotopic (exact) mass is 572 g/mol. The Morgan fingerprint density at radius 3 is 2.10 bits per heavy atom. The van der Waals surface area contributed by atoms with Gasteiger partial charge in [-0.15, -0.1) is 0 Å². The normalized spacial score (nSPS) is 12.4. The number of aryl methyl sites for hydroxylation is 1. The fourth-order valence-electron chi connectivity index (χ4n) is 3.67. The SMILES string of the molecule is Cc1ccc(CN(CC(=O)Nc2ccc(C(F)(F)F)cc2C(F)(F)F)Cc2ccc(OC(C)(C)C(=O)O)cc2)o1. The zero-order valence-corrected chi connectivity index (χ0v) is 21.6. The van der Waals surface area contributed by atoms with Crippen molar-refractivity contribution in [2.45, 2.75) is 51.8 Å². The van der Waals surface area contributed by atoms with Gasteiger partial charge in [-0.05, 0) is 68.8 Å². The lowest BCUT2D eigenvalue weighted by Gasteiger charge is -2.23. The lowest BCUT2D eigenvalue weighted by Crippen LogP contribution is -2.37. The second kappa shape index (κ2) is 11.6. The number of hydrogen-bond donors (Lipinski definition) is 2. The van der Waals surface area contributed by atoms with E-state index in [2.05, 4.69) is 5.32 Å². The molecule has 216 valence electrons. The van der Waals surface area contributed by atoms with E-state index < -0.39 is 53.2 Å². The Morgan fingerprint density at radius 1 is 0.925 bits per heavy atom. The first-order valence-corrected chi connectivity index (χ1v) is 11.8. The van der Waals surface area contributed by atoms with Gasteiger partial charge in [0, 0.05) is 6.54 Å². The third-order valence-corrected chi connectivity index (χ3v) is 5.69. The first kappa shape index (κ1) is 30.5. The number of ether oxygens (including phenoxy) is 1. The summed E-state index contributed by atoms with van der Waals surface area (Å²) >= 11 is 0. The number of aliphatic carboxylic acids is 1. The molecule has 1 heterocycles. The summed E-state index contributed by atoms with van der Waals surface area (Å²) in [7, 11) is 0. The third kappa shape index (κ3) is 8.25. The topological polar surface area (TPSA) is 92.0 Å². The molecule has 0 fully saturated rings. The summed E-state index contributed by atoms with van der Waals surface area (Å²) in [5.74, 6) is -0.703. The molecular formula is C27H26F6N2O5. The minimum absolute atomic E-state index is 0.0473. The van der Waals surface area contributed by atoms with Crippen molar-refractivity contribution in [1.29, 1.82) is 0 Å². The summed E-state index contributed by atoms with van der Waals surface area (Å²) in [4.78, 5) is 25.6. The molecule has 40 heavy (non-hydrogen) atoms. The number of amides is 1. The lowest BCUT2D eigenvalue weighted by molar-refractivity contribution is -0.152. The van der Waals surface area contributed by atoms with Crippen molar-refractivity contribution < 1.29 is 50.2 Å². The molecule has 2 N–H and O–H groups in total. The van der Waals surface area contributed by atoms with Crippen molar-refractivity contribution in [3.8, 4) is 5.75 Å². The molecule has 2 aromatic carbocycles. The highest BCUT2D eigenvalue weighted by atomic mass is 19.4. The van der Waals surface area contributed by atoms with Crippen molar-refractivity contribution in [1.82, 2.24) is 4.90 Å². The van der Waals surface area contributed by atoms with E-state index in [1.807, 2.05) is 0 Å². The fourth-order valence-corrected chi connectivity index (χ4v) is 3.67. The minimum atomic E-state index is -5.14. The smallest absolute Gasteiger partial charge is 0.418 e. The molecule has 0 saturated heterocycles. The summed E-state index contributed by atoms with van der Waals surface area (Å²) in [5, 5.41) is 11.3. The number of benzene rings is 2. The zero-order valence-electron chi connectivity index (χ0n) is 21.6. The molecule has 1 aromatic heterocycles. The van der Waals surface area contributed by atoms with E-state index >= 15 is 0 Å². The summed E-state index contributed by atoms with van der Waals surface area (Å²) in [5.41, 5.74) is -4.74. The Balaban J connectivity index is 1.80. The quantitative estimate of drug-likeness (QED) is 0.269. The first-order valence-electron chi connectivity index (χ1n) is 11.8. The van der Waals surface area contributed by atoms with Gasteiger partial charge in [0.25, 0.3) is 0 Å². The lowest BCUT2D eigenvalue weighted by atomic mass is 10.1. The summed E-state index contributed by atoms with van der Waals surface area (Å²) in [6.45, 7) is 4.26. The van der Waals surface area contributed by atoms with E-state index in [4.69, 9.17) is 9.15 Å². The molecular weight excluding hydrogens is 546 g/mol. The van der Waals surface area contributed by atoms with Crippen LogP contribution in [-0.2, 0) is 35.0 Å². The summed E-state index contributed by atoms with van der Waals surface area (Å²) < 4.78 is 90.5. The Labute approximate surface area is 225 Å². The number of nitrogens with zero attached hydrogens (tertiary/aromatic N) is 1. The van der Waals surface area contributed by atoms with E-state index in [1.165, 1.54) is 26.0 Å². The number of halogens is 6. The van der Waals surface area contributed by atoms with Gasteiger partial charge in [-0.1, -0.05) is 12.1 Å². The molecule has 0 aliphatic carbocycles. The number of carbonyl (C=O) groups excluding carboxylic acids is 1. The Kier molecular flexibility index (Phi) is 8.87. The second-order valence-corrected chi connectivity index (χ2v) is 9.52. The van der Waals surface area contributed by atoms with Crippen LogP contribution in [0.3, 0.4) is 0 Å². The first-order chi connectivity index (χ1) is 18.4. The third-order valence-electron chi connectivity index (χ3n) is 5.69. The largest absolute Gasteiger partial charge is 0.478 e. The van der Waals surface area contributed by atoms with E-state index in [9.17, 15) is 41.0 Å². The molecule has 0 aliphatic heterocycles. The van der Waals surface area contributed by atoms with Gasteiger partial charge in [0.15, 0.2) is 5.60 Å². The van der Waals surface area contributed by atoms with Crippen LogP contribution in [0, 0.1) is 6.92 Å². The van der Waals surface area contributed by atoms with Crippen LogP contribution in [0.15, 0.2) is 59.0 Å². The number of anilines is 1. The Bertz CT molecular complexity index is 1350. The molecule has 7 nitrogen and oxygen atoms in total. The minimum Gasteiger partial charge on any atom is -0.478 e. The number of furan rings is 1. The summed E-state index contributed by atoms with van der Waals surface area (Å²) in [6, 6.07) is 10.7. The fraction of sp³-hybridized carbons (Fsp3) is 0.333. The average Bonchev–Trinajstić information content (AvgIpc) is 3.23. The summed E-state index contributed by atoms with van der Waals surface area (Å²) in [6.07, 6.45) is -10.1. The van der Waals surface area contributed by atoms with Gasteiger partial charge in [0.05, 0.1) is 29.9 Å². The van der Waals surface area contributed by atoms with Crippen molar-refractivity contribution in [3.63, 3.8) is 0 Å². The van der Waals surface area contributed by atoms with Gasteiger partial charge in [0.1, 0.15) is 17.3 Å². The molecule has 0 saturated carbocycles. The number of carboxylic acid groups (broad SMARTS) is 1. The number of nitrogens with one attached hydrogen (secondary N) is 1. The van der Waals surface area contributed by atoms with E-state index in [-0.39, 0.29) is 24.9 Å². The van der Waals surface area contributed by atoms with Crippen LogP contribution in [0.1, 0.15) is 42.1 Å². The second-order valence-electron chi connectivity index (χ2n) is 9.52. The van der Waals surface area contributed by atoms with Crippen molar-refractivity contribution in [2.24, 2.45) is 0 Å². The molecule has 0 bridgehead atoms. The molecule has 0 spiro atoms. The van der Waals surface area contributed by atoms with Crippen LogP contribution < -0.4 is 10.1 Å². The highest BCUT2D eigenvalue weighted by molar-refractivity contribution is 5.93. The van der Waals surface area contributed by atoms with Crippen molar-refractivity contribution in [2.75, 3.05) is 11.9 Å². The number of carbonyl (C=O) groups is 2. The Hall–Kier alpha value is -4.00. The highest BCUT2D eigenvalue weighted by Gasteiger charge is 2.38. The highest BCUT2D eigenvalue weighted by Crippen LogP contribution is 2.39. The van der Waals surface area contributed by atoms with Gasteiger partial charge in [-0.2, -0.15) is 26.3 Å². The zero-order chi connectivity index (χ0) is 29.9. The van der Waals surface area contributed by atoms with Crippen LogP contribution in [0.4, 0.5) is 32.0 Å². The number of alkyl halides is 6.